The number of carbonyl (C=O) groups excluding carboxylic acids is 2. The molecule has 2 aromatic carbocycles. The normalized spacial score (nSPS) is 13.3. The maximum Gasteiger partial charge on any atom is 0.267 e. The van der Waals surface area contributed by atoms with Crippen LogP contribution in [0, 0.1) is 25.2 Å². The largest absolute Gasteiger partial charge is 0.268 e. The summed E-state index contributed by atoms with van der Waals surface area (Å²) in [5, 5.41) is 9.14. The lowest BCUT2D eigenvalue weighted by Crippen LogP contribution is -2.30. The van der Waals surface area contributed by atoms with Gasteiger partial charge in [0.25, 0.3) is 11.8 Å². The van der Waals surface area contributed by atoms with Crippen molar-refractivity contribution in [3.05, 3.63) is 64.2 Å². The summed E-state index contributed by atoms with van der Waals surface area (Å²) >= 11 is 0. The van der Waals surface area contributed by atoms with E-state index >= 15 is 0 Å². The molecule has 0 radical (unpaired) electrons. The molecule has 0 spiro atoms. The average molecular weight is 276 g/mol. The molecular weight excluding hydrogens is 264 g/mol. The van der Waals surface area contributed by atoms with Crippen LogP contribution in [0.1, 0.15) is 37.4 Å². The Morgan fingerprint density at radius 1 is 0.952 bits per heavy atom. The Bertz CT molecular complexity index is 811. The number of nitrogens with zero attached hydrogens (tertiary/aromatic N) is 2. The van der Waals surface area contributed by atoms with Crippen LogP contribution in [0.15, 0.2) is 36.4 Å². The summed E-state index contributed by atoms with van der Waals surface area (Å²) in [6, 6.07) is 12.3. The lowest BCUT2D eigenvalue weighted by molar-refractivity contribution is 0.0925. The van der Waals surface area contributed by atoms with Gasteiger partial charge < -0.3 is 0 Å². The standard InChI is InChI=1S/C17H12N2O2/c1-10-5-3-6-11(2)15(10)19-16(20)13-8-4-7-12(9-18)14(13)17(19)21/h3-8H,1-2H3. The van der Waals surface area contributed by atoms with Crippen molar-refractivity contribution in [1.82, 2.24) is 0 Å². The van der Waals surface area contributed by atoms with Crippen molar-refractivity contribution in [3.63, 3.8) is 0 Å². The molecule has 0 atom stereocenters. The predicted molar refractivity (Wildman–Crippen MR) is 78.2 cm³/mol. The molecule has 0 aromatic heterocycles. The molecular formula is C17H12N2O2. The molecule has 0 fully saturated rings. The Labute approximate surface area is 122 Å². The fourth-order valence-corrected chi connectivity index (χ4v) is 2.74. The van der Waals surface area contributed by atoms with Crippen LogP contribution in [0.25, 0.3) is 0 Å². The van der Waals surface area contributed by atoms with Crippen LogP contribution in [0.5, 0.6) is 0 Å². The number of anilines is 1. The zero-order valence-electron chi connectivity index (χ0n) is 11.7. The van der Waals surface area contributed by atoms with Crippen molar-refractivity contribution in [2.45, 2.75) is 13.8 Å². The molecule has 0 saturated heterocycles. The maximum atomic E-state index is 12.6. The molecule has 2 aromatic rings. The number of amides is 2. The Morgan fingerprint density at radius 3 is 2.19 bits per heavy atom. The van der Waals surface area contributed by atoms with E-state index in [1.807, 2.05) is 38.1 Å². The van der Waals surface area contributed by atoms with Gasteiger partial charge in [-0.3, -0.25) is 9.59 Å². The highest BCUT2D eigenvalue weighted by Crippen LogP contribution is 2.34. The maximum absolute atomic E-state index is 12.6. The topological polar surface area (TPSA) is 61.2 Å². The van der Waals surface area contributed by atoms with Gasteiger partial charge in [-0.05, 0) is 37.1 Å². The second-order valence-corrected chi connectivity index (χ2v) is 5.03. The van der Waals surface area contributed by atoms with E-state index in [0.29, 0.717) is 11.3 Å². The van der Waals surface area contributed by atoms with Crippen LogP contribution in [0.2, 0.25) is 0 Å². The fraction of sp³-hybridized carbons (Fsp3) is 0.118. The van der Waals surface area contributed by atoms with E-state index in [9.17, 15) is 9.59 Å². The molecule has 102 valence electrons. The smallest absolute Gasteiger partial charge is 0.267 e. The second-order valence-electron chi connectivity index (χ2n) is 5.03. The highest BCUT2D eigenvalue weighted by molar-refractivity contribution is 6.35. The fourth-order valence-electron chi connectivity index (χ4n) is 2.74. The van der Waals surface area contributed by atoms with Crippen molar-refractivity contribution in [2.75, 3.05) is 4.90 Å². The number of imide groups is 1. The van der Waals surface area contributed by atoms with Crippen molar-refractivity contribution in [2.24, 2.45) is 0 Å². The minimum atomic E-state index is -0.426. The number of hydrogen-bond acceptors (Lipinski definition) is 3. The van der Waals surface area contributed by atoms with Crippen molar-refractivity contribution in [3.8, 4) is 6.07 Å². The number of nitriles is 1. The van der Waals surface area contributed by atoms with Gasteiger partial charge >= 0.3 is 0 Å². The molecule has 0 bridgehead atoms. The quantitative estimate of drug-likeness (QED) is 0.752. The third kappa shape index (κ3) is 1.75. The number of para-hydroxylation sites is 1. The third-order valence-electron chi connectivity index (χ3n) is 3.70. The van der Waals surface area contributed by atoms with Crippen LogP contribution in [-0.4, -0.2) is 11.8 Å². The minimum absolute atomic E-state index is 0.202. The summed E-state index contributed by atoms with van der Waals surface area (Å²) in [4.78, 5) is 26.4. The van der Waals surface area contributed by atoms with Gasteiger partial charge in [-0.2, -0.15) is 5.26 Å². The van der Waals surface area contributed by atoms with E-state index in [0.717, 1.165) is 11.1 Å². The van der Waals surface area contributed by atoms with Gasteiger partial charge in [0.05, 0.1) is 28.4 Å². The van der Waals surface area contributed by atoms with Gasteiger partial charge in [-0.25, -0.2) is 4.90 Å². The van der Waals surface area contributed by atoms with Crippen molar-refractivity contribution in [1.29, 1.82) is 5.26 Å². The van der Waals surface area contributed by atoms with E-state index in [1.54, 1.807) is 18.2 Å². The number of carbonyl (C=O) groups is 2. The molecule has 1 heterocycles. The summed E-state index contributed by atoms with van der Waals surface area (Å²) < 4.78 is 0. The lowest BCUT2D eigenvalue weighted by Gasteiger charge is -2.19. The molecule has 4 heteroatoms. The first kappa shape index (κ1) is 13.1. The Hall–Kier alpha value is -2.93. The highest BCUT2D eigenvalue weighted by Gasteiger charge is 2.39. The zero-order valence-corrected chi connectivity index (χ0v) is 11.7. The van der Waals surface area contributed by atoms with Crippen molar-refractivity contribution < 1.29 is 9.59 Å². The van der Waals surface area contributed by atoms with Gasteiger partial charge in [0.15, 0.2) is 0 Å². The average Bonchev–Trinajstić information content (AvgIpc) is 2.72. The van der Waals surface area contributed by atoms with E-state index < -0.39 is 5.91 Å². The molecule has 21 heavy (non-hydrogen) atoms. The third-order valence-corrected chi connectivity index (χ3v) is 3.70. The molecule has 0 unspecified atom stereocenters. The molecule has 3 rings (SSSR count). The molecule has 1 aliphatic rings. The van der Waals surface area contributed by atoms with E-state index in [1.165, 1.54) is 4.90 Å². The molecule has 0 N–H and O–H groups in total. The van der Waals surface area contributed by atoms with E-state index in [4.69, 9.17) is 5.26 Å². The van der Waals surface area contributed by atoms with Gasteiger partial charge in [-0.1, -0.05) is 24.3 Å². The summed E-state index contributed by atoms with van der Waals surface area (Å²) in [6.07, 6.45) is 0. The summed E-state index contributed by atoms with van der Waals surface area (Å²) in [5.74, 6) is -0.797. The zero-order chi connectivity index (χ0) is 15.1. The SMILES string of the molecule is Cc1cccc(C)c1N1C(=O)c2cccc(C#N)c2C1=O. The summed E-state index contributed by atoms with van der Waals surface area (Å²) in [5.41, 5.74) is 3.03. The Kier molecular flexibility index (Phi) is 2.84. The van der Waals surface area contributed by atoms with Crippen molar-refractivity contribution >= 4 is 17.5 Å². The minimum Gasteiger partial charge on any atom is -0.268 e. The highest BCUT2D eigenvalue weighted by atomic mass is 16.2. The Balaban J connectivity index is 2.24. The monoisotopic (exact) mass is 276 g/mol. The van der Waals surface area contributed by atoms with Crippen LogP contribution in [0.3, 0.4) is 0 Å². The predicted octanol–water partition coefficient (Wildman–Crippen LogP) is 2.98. The van der Waals surface area contributed by atoms with Gasteiger partial charge in [-0.15, -0.1) is 0 Å². The molecule has 2 amide bonds. The summed E-state index contributed by atoms with van der Waals surface area (Å²) in [7, 11) is 0. The van der Waals surface area contributed by atoms with E-state index in [-0.39, 0.29) is 17.0 Å². The van der Waals surface area contributed by atoms with E-state index in [2.05, 4.69) is 0 Å². The van der Waals surface area contributed by atoms with Crippen LogP contribution >= 0.6 is 0 Å². The number of hydrogen-bond donors (Lipinski definition) is 0. The van der Waals surface area contributed by atoms with Gasteiger partial charge in [0.2, 0.25) is 0 Å². The van der Waals surface area contributed by atoms with Gasteiger partial charge in [0.1, 0.15) is 0 Å². The van der Waals surface area contributed by atoms with Crippen LogP contribution < -0.4 is 4.90 Å². The van der Waals surface area contributed by atoms with Gasteiger partial charge in [0, 0.05) is 0 Å². The number of aryl methyl sites for hydroxylation is 2. The molecule has 0 aliphatic carbocycles. The lowest BCUT2D eigenvalue weighted by atomic mass is 10.0. The Morgan fingerprint density at radius 2 is 1.57 bits per heavy atom. The number of fused-ring (bicyclic) bond motifs is 1. The number of benzene rings is 2. The first-order valence-electron chi connectivity index (χ1n) is 6.54. The molecule has 4 nitrogen and oxygen atoms in total. The molecule has 0 saturated carbocycles. The number of rotatable bonds is 1. The van der Waals surface area contributed by atoms with Crippen LogP contribution in [-0.2, 0) is 0 Å². The molecule has 1 aliphatic heterocycles. The first-order chi connectivity index (χ1) is 10.1. The first-order valence-corrected chi connectivity index (χ1v) is 6.54. The summed E-state index contributed by atoms with van der Waals surface area (Å²) in [6.45, 7) is 3.72. The second kappa shape index (κ2) is 4.57. The van der Waals surface area contributed by atoms with Crippen LogP contribution in [0.4, 0.5) is 5.69 Å².